The van der Waals surface area contributed by atoms with Gasteiger partial charge in [-0.05, 0) is 38.2 Å². The second kappa shape index (κ2) is 8.95. The van der Waals surface area contributed by atoms with Crippen molar-refractivity contribution in [1.82, 2.24) is 9.47 Å². The molecule has 0 fully saturated rings. The van der Waals surface area contributed by atoms with Gasteiger partial charge in [0.05, 0.1) is 17.9 Å². The van der Waals surface area contributed by atoms with Crippen LogP contribution >= 0.6 is 11.8 Å². The van der Waals surface area contributed by atoms with E-state index in [9.17, 15) is 9.90 Å². The van der Waals surface area contributed by atoms with Crippen LogP contribution in [0.2, 0.25) is 0 Å². The largest absolute Gasteiger partial charge is 0.493 e. The van der Waals surface area contributed by atoms with Crippen LogP contribution in [0.25, 0.3) is 10.9 Å². The number of hydrogen-bond donors (Lipinski definition) is 2. The van der Waals surface area contributed by atoms with Crippen LogP contribution in [0.15, 0.2) is 74.3 Å². The molecule has 1 aromatic heterocycles. The molecule has 0 atom stereocenters. The zero-order valence-corrected chi connectivity index (χ0v) is 18.6. The van der Waals surface area contributed by atoms with E-state index in [1.807, 2.05) is 55.5 Å². The van der Waals surface area contributed by atoms with E-state index in [1.165, 1.54) is 11.8 Å². The highest BCUT2D eigenvalue weighted by atomic mass is 32.2. The van der Waals surface area contributed by atoms with Crippen molar-refractivity contribution < 1.29 is 9.90 Å². The lowest BCUT2D eigenvalue weighted by Gasteiger charge is -2.20. The number of allylic oxidation sites excluding steroid dienone is 1. The van der Waals surface area contributed by atoms with Crippen molar-refractivity contribution in [3.63, 3.8) is 0 Å². The van der Waals surface area contributed by atoms with E-state index >= 15 is 0 Å². The van der Waals surface area contributed by atoms with Crippen molar-refractivity contribution in [1.29, 1.82) is 0 Å². The highest BCUT2D eigenvalue weighted by molar-refractivity contribution is 8.04. The maximum atomic E-state index is 12.8. The maximum Gasteiger partial charge on any atom is 0.303 e. The van der Waals surface area contributed by atoms with E-state index in [1.54, 1.807) is 4.57 Å². The van der Waals surface area contributed by atoms with Crippen LogP contribution in [0.5, 0.6) is 5.88 Å². The van der Waals surface area contributed by atoms with Gasteiger partial charge in [0.25, 0.3) is 0 Å². The predicted molar refractivity (Wildman–Crippen MR) is 125 cm³/mol. The number of azo groups is 1. The Morgan fingerprint density at radius 3 is 2.61 bits per heavy atom. The van der Waals surface area contributed by atoms with Gasteiger partial charge >= 0.3 is 5.91 Å². The number of rotatable bonds is 6. The molecule has 2 heterocycles. The first-order valence-corrected chi connectivity index (χ1v) is 11.1. The smallest absolute Gasteiger partial charge is 0.303 e. The molecule has 0 spiro atoms. The fraction of sp³-hybridized carbons (Fsp3) is 0.261. The fourth-order valence-electron chi connectivity index (χ4n) is 3.59. The van der Waals surface area contributed by atoms with Gasteiger partial charge in [0.15, 0.2) is 5.69 Å². The first kappa shape index (κ1) is 21.1. The van der Waals surface area contributed by atoms with Crippen LogP contribution in [0, 0.1) is 0 Å². The monoisotopic (exact) mass is 435 g/mol. The number of para-hydroxylation sites is 2. The van der Waals surface area contributed by atoms with Gasteiger partial charge in [0.1, 0.15) is 4.91 Å². The van der Waals surface area contributed by atoms with Crippen molar-refractivity contribution in [2.45, 2.75) is 32.3 Å². The van der Waals surface area contributed by atoms with Crippen molar-refractivity contribution in [3.05, 3.63) is 59.1 Å². The number of nitrogens with zero attached hydrogens (tertiary/aromatic N) is 4. The van der Waals surface area contributed by atoms with Crippen molar-refractivity contribution in [2.24, 2.45) is 10.2 Å². The van der Waals surface area contributed by atoms with E-state index in [0.29, 0.717) is 17.3 Å². The van der Waals surface area contributed by atoms with Gasteiger partial charge < -0.3 is 10.4 Å². The summed E-state index contributed by atoms with van der Waals surface area (Å²) in [7, 11) is 0. The summed E-state index contributed by atoms with van der Waals surface area (Å²) in [6.45, 7) is 8.25. The number of fused-ring (bicyclic) bond motifs is 2. The van der Waals surface area contributed by atoms with Gasteiger partial charge in [-0.3, -0.25) is 14.3 Å². The number of aromatic nitrogens is 1. The second-order valence-electron chi connectivity index (χ2n) is 7.24. The van der Waals surface area contributed by atoms with Crippen molar-refractivity contribution >= 4 is 39.9 Å². The summed E-state index contributed by atoms with van der Waals surface area (Å²) in [5.41, 5.74) is 2.87. The van der Waals surface area contributed by atoms with Crippen molar-refractivity contribution in [2.75, 3.05) is 18.4 Å². The maximum absolute atomic E-state index is 12.8. The van der Waals surface area contributed by atoms with E-state index in [4.69, 9.17) is 0 Å². The minimum Gasteiger partial charge on any atom is -0.493 e. The number of amides is 1. The van der Waals surface area contributed by atoms with Crippen LogP contribution in [-0.2, 0) is 11.5 Å². The molecule has 2 aromatic carbocycles. The summed E-state index contributed by atoms with van der Waals surface area (Å²) < 4.78 is 1.80. The summed E-state index contributed by atoms with van der Waals surface area (Å²) in [4.78, 5) is 16.5. The Kier molecular flexibility index (Phi) is 6.11. The third kappa shape index (κ3) is 4.08. The number of hydrogen-bond acceptors (Lipinski definition) is 6. The van der Waals surface area contributed by atoms with E-state index in [-0.39, 0.29) is 5.88 Å². The molecular weight excluding hydrogens is 410 g/mol. The van der Waals surface area contributed by atoms with Gasteiger partial charge in [-0.25, -0.2) is 0 Å². The lowest BCUT2D eigenvalue weighted by molar-refractivity contribution is -0.114. The van der Waals surface area contributed by atoms with Gasteiger partial charge in [0, 0.05) is 16.0 Å². The molecule has 8 heteroatoms. The summed E-state index contributed by atoms with van der Waals surface area (Å²) >= 11 is 1.38. The molecule has 1 aliphatic heterocycles. The summed E-state index contributed by atoms with van der Waals surface area (Å²) in [6.07, 6.45) is 0. The zero-order valence-electron chi connectivity index (χ0n) is 17.8. The van der Waals surface area contributed by atoms with Crippen LogP contribution in [0.4, 0.5) is 11.4 Å². The minimum atomic E-state index is -0.440. The Hall–Kier alpha value is -3.10. The first-order chi connectivity index (χ1) is 15.0. The Balaban J connectivity index is 1.66. The Bertz CT molecular complexity index is 1190. The van der Waals surface area contributed by atoms with E-state index < -0.39 is 5.91 Å². The van der Waals surface area contributed by atoms with Crippen molar-refractivity contribution in [3.8, 4) is 5.88 Å². The lowest BCUT2D eigenvalue weighted by Crippen LogP contribution is -2.25. The molecule has 0 aliphatic carbocycles. The molecule has 0 bridgehead atoms. The summed E-state index contributed by atoms with van der Waals surface area (Å²) in [5, 5.41) is 23.1. The average molecular weight is 436 g/mol. The molecular formula is C23H25N5O2S. The third-order valence-electron chi connectivity index (χ3n) is 5.35. The predicted octanol–water partition coefficient (Wildman–Crippen LogP) is 5.71. The normalized spacial score (nSPS) is 13.8. The molecule has 0 unspecified atom stereocenters. The molecule has 2 N–H and O–H groups in total. The second-order valence-corrected chi connectivity index (χ2v) is 8.30. The van der Waals surface area contributed by atoms with Gasteiger partial charge in [0.2, 0.25) is 5.88 Å². The van der Waals surface area contributed by atoms with Gasteiger partial charge in [-0.15, -0.1) is 10.2 Å². The summed E-state index contributed by atoms with van der Waals surface area (Å²) in [6, 6.07) is 15.4. The first-order valence-electron chi connectivity index (χ1n) is 10.3. The molecule has 7 nitrogen and oxygen atoms in total. The molecule has 1 amide bonds. The molecule has 0 saturated carbocycles. The molecule has 0 saturated heterocycles. The fourth-order valence-corrected chi connectivity index (χ4v) is 4.51. The minimum absolute atomic E-state index is 0.00937. The number of aromatic hydroxyl groups is 1. The van der Waals surface area contributed by atoms with Gasteiger partial charge in [-0.2, -0.15) is 0 Å². The third-order valence-corrected chi connectivity index (χ3v) is 6.61. The van der Waals surface area contributed by atoms with Crippen LogP contribution in [0.1, 0.15) is 20.8 Å². The molecule has 31 heavy (non-hydrogen) atoms. The number of anilines is 1. The van der Waals surface area contributed by atoms with Crippen LogP contribution in [-0.4, -0.2) is 33.6 Å². The number of benzene rings is 2. The lowest BCUT2D eigenvalue weighted by atomic mass is 10.2. The SMILES string of the molecule is CCN(CC)Cn1c(O)c(N=NC(=O)C2=C(C)Nc3ccccc3S2)c2ccccc21. The molecule has 160 valence electrons. The Morgan fingerprint density at radius 1 is 1.13 bits per heavy atom. The Morgan fingerprint density at radius 2 is 1.84 bits per heavy atom. The van der Waals surface area contributed by atoms with E-state index in [0.717, 1.165) is 40.3 Å². The quantitative estimate of drug-likeness (QED) is 0.485. The highest BCUT2D eigenvalue weighted by Gasteiger charge is 2.22. The number of nitrogens with one attached hydrogen (secondary N) is 1. The molecule has 3 aromatic rings. The topological polar surface area (TPSA) is 82.2 Å². The number of carbonyl (C=O) groups excluding carboxylic acids is 1. The zero-order chi connectivity index (χ0) is 22.0. The van der Waals surface area contributed by atoms with Crippen LogP contribution in [0.3, 0.4) is 0 Å². The van der Waals surface area contributed by atoms with E-state index in [2.05, 4.69) is 34.3 Å². The highest BCUT2D eigenvalue weighted by Crippen LogP contribution is 2.41. The molecule has 0 radical (unpaired) electrons. The van der Waals surface area contributed by atoms with Crippen LogP contribution < -0.4 is 5.32 Å². The standard InChI is InChI=1S/C23H25N5O2S/c1-4-27(5-2)14-28-18-12-8-6-10-16(18)20(23(28)30)25-26-22(29)21-15(3)24-17-11-7-9-13-19(17)31-21/h6-13,24,30H,4-5,14H2,1-3H3. The average Bonchev–Trinajstić information content (AvgIpc) is 3.05. The number of carbonyl (C=O) groups is 1. The van der Waals surface area contributed by atoms with Gasteiger partial charge in [-0.1, -0.05) is 55.9 Å². The number of thioether (sulfide) groups is 1. The summed E-state index contributed by atoms with van der Waals surface area (Å²) in [5.74, 6) is -0.431. The Labute approximate surface area is 185 Å². The molecule has 4 rings (SSSR count). The molecule has 1 aliphatic rings.